The van der Waals surface area contributed by atoms with Gasteiger partial charge in [-0.05, 0) is 31.7 Å². The van der Waals surface area contributed by atoms with Crippen LogP contribution in [0.2, 0.25) is 0 Å². The smallest absolute Gasteiger partial charge is 0.00926 e. The maximum atomic E-state index is 3.69. The first-order valence-electron chi connectivity index (χ1n) is 6.08. The Morgan fingerprint density at radius 2 is 2.00 bits per heavy atom. The summed E-state index contributed by atoms with van der Waals surface area (Å²) in [5.74, 6) is 0.922. The minimum atomic E-state index is 0.835. The van der Waals surface area contributed by atoms with Gasteiger partial charge in [-0.2, -0.15) is 0 Å². The van der Waals surface area contributed by atoms with E-state index >= 15 is 0 Å². The van der Waals surface area contributed by atoms with Crippen molar-refractivity contribution in [2.45, 2.75) is 64.8 Å². The van der Waals surface area contributed by atoms with Crippen molar-refractivity contribution in [1.82, 2.24) is 5.32 Å². The predicted octanol–water partition coefficient (Wildman–Crippen LogP) is 3.34. The van der Waals surface area contributed by atoms with E-state index in [1.54, 1.807) is 0 Å². The second-order valence-corrected chi connectivity index (χ2v) is 4.53. The molecule has 0 amide bonds. The fourth-order valence-electron chi connectivity index (χ4n) is 2.29. The van der Waals surface area contributed by atoms with E-state index in [1.807, 2.05) is 0 Å². The van der Waals surface area contributed by atoms with Crippen molar-refractivity contribution in [1.29, 1.82) is 0 Å². The SMILES string of the molecule is CCCCCCN[C@H]1CCC[C@@H]1C. The maximum absolute atomic E-state index is 3.69. The maximum Gasteiger partial charge on any atom is 0.00926 e. The molecule has 1 rings (SSSR count). The summed E-state index contributed by atoms with van der Waals surface area (Å²) in [5.41, 5.74) is 0. The summed E-state index contributed by atoms with van der Waals surface area (Å²) < 4.78 is 0. The topological polar surface area (TPSA) is 12.0 Å². The molecule has 0 bridgehead atoms. The normalized spacial score (nSPS) is 28.2. The molecule has 0 spiro atoms. The summed E-state index contributed by atoms with van der Waals surface area (Å²) in [7, 11) is 0. The standard InChI is InChI=1S/C12H25N/c1-3-4-5-6-10-13-12-9-7-8-11(12)2/h11-13H,3-10H2,1-2H3/t11-,12-/m0/s1. The molecule has 2 atom stereocenters. The molecule has 1 nitrogen and oxygen atoms in total. The zero-order valence-electron chi connectivity index (χ0n) is 9.31. The molecule has 0 saturated heterocycles. The van der Waals surface area contributed by atoms with Gasteiger partial charge in [-0.15, -0.1) is 0 Å². The number of hydrogen-bond donors (Lipinski definition) is 1. The lowest BCUT2D eigenvalue weighted by atomic mass is 10.1. The molecule has 0 aliphatic heterocycles. The van der Waals surface area contributed by atoms with E-state index in [2.05, 4.69) is 19.2 Å². The number of hydrogen-bond acceptors (Lipinski definition) is 1. The van der Waals surface area contributed by atoms with Crippen molar-refractivity contribution in [2.75, 3.05) is 6.54 Å². The zero-order chi connectivity index (χ0) is 9.52. The largest absolute Gasteiger partial charge is 0.314 e. The molecule has 78 valence electrons. The van der Waals surface area contributed by atoms with Gasteiger partial charge in [0.1, 0.15) is 0 Å². The third-order valence-electron chi connectivity index (χ3n) is 3.30. The van der Waals surface area contributed by atoms with Gasteiger partial charge in [0.25, 0.3) is 0 Å². The van der Waals surface area contributed by atoms with Crippen LogP contribution in [0.5, 0.6) is 0 Å². The lowest BCUT2D eigenvalue weighted by Gasteiger charge is -2.16. The second kappa shape index (κ2) is 6.42. The Kier molecular flexibility index (Phi) is 5.45. The highest BCUT2D eigenvalue weighted by Gasteiger charge is 2.21. The summed E-state index contributed by atoms with van der Waals surface area (Å²) in [6.07, 6.45) is 9.82. The third kappa shape index (κ3) is 4.12. The van der Waals surface area contributed by atoms with Crippen LogP contribution >= 0.6 is 0 Å². The highest BCUT2D eigenvalue weighted by atomic mass is 14.9. The Morgan fingerprint density at radius 1 is 1.15 bits per heavy atom. The summed E-state index contributed by atoms with van der Waals surface area (Å²) in [6.45, 7) is 5.90. The molecule has 0 aromatic rings. The molecule has 0 radical (unpaired) electrons. The van der Waals surface area contributed by atoms with Gasteiger partial charge in [0, 0.05) is 6.04 Å². The Bertz CT molecular complexity index is 122. The first-order valence-corrected chi connectivity index (χ1v) is 6.08. The minimum absolute atomic E-state index is 0.835. The molecule has 13 heavy (non-hydrogen) atoms. The summed E-state index contributed by atoms with van der Waals surface area (Å²) in [4.78, 5) is 0. The van der Waals surface area contributed by atoms with Crippen LogP contribution in [0.15, 0.2) is 0 Å². The minimum Gasteiger partial charge on any atom is -0.314 e. The molecular formula is C12H25N. The first kappa shape index (κ1) is 11.0. The van der Waals surface area contributed by atoms with Crippen molar-refractivity contribution in [3.05, 3.63) is 0 Å². The highest BCUT2D eigenvalue weighted by Crippen LogP contribution is 2.24. The predicted molar refractivity (Wildman–Crippen MR) is 58.9 cm³/mol. The van der Waals surface area contributed by atoms with Crippen molar-refractivity contribution >= 4 is 0 Å². The van der Waals surface area contributed by atoms with Crippen molar-refractivity contribution in [3.8, 4) is 0 Å². The zero-order valence-corrected chi connectivity index (χ0v) is 9.31. The van der Waals surface area contributed by atoms with E-state index in [4.69, 9.17) is 0 Å². The number of nitrogens with one attached hydrogen (secondary N) is 1. The van der Waals surface area contributed by atoms with E-state index in [0.29, 0.717) is 0 Å². The van der Waals surface area contributed by atoms with E-state index in [9.17, 15) is 0 Å². The van der Waals surface area contributed by atoms with Crippen LogP contribution in [0.4, 0.5) is 0 Å². The molecule has 1 N–H and O–H groups in total. The fraction of sp³-hybridized carbons (Fsp3) is 1.00. The van der Waals surface area contributed by atoms with E-state index in [1.165, 1.54) is 51.5 Å². The average molecular weight is 183 g/mol. The van der Waals surface area contributed by atoms with Gasteiger partial charge in [-0.1, -0.05) is 39.5 Å². The molecule has 0 unspecified atom stereocenters. The van der Waals surface area contributed by atoms with Crippen LogP contribution in [0, 0.1) is 5.92 Å². The monoisotopic (exact) mass is 183 g/mol. The molecule has 1 aliphatic carbocycles. The van der Waals surface area contributed by atoms with Gasteiger partial charge >= 0.3 is 0 Å². The van der Waals surface area contributed by atoms with Gasteiger partial charge < -0.3 is 5.32 Å². The molecule has 0 aromatic carbocycles. The lowest BCUT2D eigenvalue weighted by Crippen LogP contribution is -2.31. The Morgan fingerprint density at radius 3 is 2.62 bits per heavy atom. The molecule has 1 heteroatoms. The lowest BCUT2D eigenvalue weighted by molar-refractivity contribution is 0.420. The van der Waals surface area contributed by atoms with Crippen LogP contribution in [0.1, 0.15) is 58.8 Å². The quantitative estimate of drug-likeness (QED) is 0.623. The van der Waals surface area contributed by atoms with Crippen molar-refractivity contribution in [2.24, 2.45) is 5.92 Å². The van der Waals surface area contributed by atoms with Crippen molar-refractivity contribution < 1.29 is 0 Å². The molecule has 1 aliphatic rings. The molecule has 0 heterocycles. The fourth-order valence-corrected chi connectivity index (χ4v) is 2.29. The summed E-state index contributed by atoms with van der Waals surface area (Å²) >= 11 is 0. The van der Waals surface area contributed by atoms with E-state index < -0.39 is 0 Å². The number of unbranched alkanes of at least 4 members (excludes halogenated alkanes) is 3. The van der Waals surface area contributed by atoms with Crippen LogP contribution in [0.25, 0.3) is 0 Å². The Labute approximate surface area is 83.3 Å². The van der Waals surface area contributed by atoms with Gasteiger partial charge in [0.15, 0.2) is 0 Å². The number of rotatable bonds is 6. The third-order valence-corrected chi connectivity index (χ3v) is 3.30. The first-order chi connectivity index (χ1) is 6.34. The van der Waals surface area contributed by atoms with Crippen molar-refractivity contribution in [3.63, 3.8) is 0 Å². The van der Waals surface area contributed by atoms with Crippen LogP contribution in [-0.2, 0) is 0 Å². The van der Waals surface area contributed by atoms with Crippen LogP contribution in [-0.4, -0.2) is 12.6 Å². The Balaban J connectivity index is 1.93. The van der Waals surface area contributed by atoms with Gasteiger partial charge in [-0.3, -0.25) is 0 Å². The van der Waals surface area contributed by atoms with E-state index in [0.717, 1.165) is 12.0 Å². The second-order valence-electron chi connectivity index (χ2n) is 4.53. The van der Waals surface area contributed by atoms with Crippen LogP contribution in [0.3, 0.4) is 0 Å². The van der Waals surface area contributed by atoms with Gasteiger partial charge in [0.2, 0.25) is 0 Å². The molecule has 1 fully saturated rings. The summed E-state index contributed by atoms with van der Waals surface area (Å²) in [5, 5.41) is 3.69. The molecule has 0 aromatic heterocycles. The highest BCUT2D eigenvalue weighted by molar-refractivity contribution is 4.79. The molecular weight excluding hydrogens is 158 g/mol. The Hall–Kier alpha value is -0.0400. The van der Waals surface area contributed by atoms with E-state index in [-0.39, 0.29) is 0 Å². The van der Waals surface area contributed by atoms with Gasteiger partial charge in [0.05, 0.1) is 0 Å². The molecule has 1 saturated carbocycles. The van der Waals surface area contributed by atoms with Crippen LogP contribution < -0.4 is 5.32 Å². The average Bonchev–Trinajstić information content (AvgIpc) is 2.52. The van der Waals surface area contributed by atoms with Gasteiger partial charge in [-0.25, -0.2) is 0 Å². The summed E-state index contributed by atoms with van der Waals surface area (Å²) in [6, 6.07) is 0.835.